The third kappa shape index (κ3) is 4.87. The van der Waals surface area contributed by atoms with Crippen LogP contribution in [-0.2, 0) is 9.59 Å². The molecule has 3 rings (SSSR count). The third-order valence-electron chi connectivity index (χ3n) is 5.80. The van der Waals surface area contributed by atoms with Crippen LogP contribution in [0.1, 0.15) is 29.7 Å². The summed E-state index contributed by atoms with van der Waals surface area (Å²) in [6.07, 6.45) is 0. The van der Waals surface area contributed by atoms with Gasteiger partial charge in [0, 0.05) is 18.7 Å². The third-order valence-corrected chi connectivity index (χ3v) is 5.80. The van der Waals surface area contributed by atoms with E-state index in [0.29, 0.717) is 48.1 Å². The van der Waals surface area contributed by atoms with Crippen LogP contribution in [0.4, 0.5) is 0 Å². The van der Waals surface area contributed by atoms with Gasteiger partial charge in [0.25, 0.3) is 11.7 Å². The molecule has 8 heteroatoms. The first-order valence-corrected chi connectivity index (χ1v) is 11.1. The Kier molecular flexibility index (Phi) is 7.83. The highest BCUT2D eigenvalue weighted by atomic mass is 16.5. The highest BCUT2D eigenvalue weighted by Crippen LogP contribution is 2.42. The second-order valence-corrected chi connectivity index (χ2v) is 8.32. The van der Waals surface area contributed by atoms with Gasteiger partial charge in [-0.1, -0.05) is 6.07 Å². The van der Waals surface area contributed by atoms with Crippen molar-refractivity contribution in [1.82, 2.24) is 9.80 Å². The Morgan fingerprint density at radius 2 is 1.71 bits per heavy atom. The molecule has 1 atom stereocenters. The van der Waals surface area contributed by atoms with E-state index in [0.717, 1.165) is 5.56 Å². The normalized spacial score (nSPS) is 17.4. The number of likely N-dealkylation sites (N-methyl/N-ethyl adjacent to an activating group) is 1. The van der Waals surface area contributed by atoms with E-state index in [-0.39, 0.29) is 11.3 Å². The van der Waals surface area contributed by atoms with E-state index in [9.17, 15) is 14.7 Å². The van der Waals surface area contributed by atoms with Crippen molar-refractivity contribution in [3.8, 4) is 17.2 Å². The summed E-state index contributed by atoms with van der Waals surface area (Å²) in [4.78, 5) is 29.7. The zero-order chi connectivity index (χ0) is 25.0. The number of hydrogen-bond acceptors (Lipinski definition) is 7. The number of aryl methyl sites for hydroxylation is 1. The molecule has 0 radical (unpaired) electrons. The van der Waals surface area contributed by atoms with Gasteiger partial charge in [0.1, 0.15) is 11.5 Å². The summed E-state index contributed by atoms with van der Waals surface area (Å²) in [7, 11) is 6.84. The van der Waals surface area contributed by atoms with Gasteiger partial charge in [-0.2, -0.15) is 0 Å². The molecule has 8 nitrogen and oxygen atoms in total. The van der Waals surface area contributed by atoms with Crippen LogP contribution >= 0.6 is 0 Å². The average Bonchev–Trinajstić information content (AvgIpc) is 3.07. The van der Waals surface area contributed by atoms with Gasteiger partial charge < -0.3 is 29.1 Å². The summed E-state index contributed by atoms with van der Waals surface area (Å²) >= 11 is 0. The maximum Gasteiger partial charge on any atom is 0.295 e. The number of benzene rings is 2. The molecule has 0 unspecified atom stereocenters. The van der Waals surface area contributed by atoms with Gasteiger partial charge >= 0.3 is 0 Å². The number of ether oxygens (including phenoxy) is 3. The number of hydrogen-bond donors (Lipinski definition) is 1. The summed E-state index contributed by atoms with van der Waals surface area (Å²) in [6.45, 7) is 5.14. The monoisotopic (exact) mass is 468 g/mol. The number of methoxy groups -OCH3 is 2. The SMILES string of the molecule is CCOc1ccc(C(O)=C2C(=O)C(=O)N(CCN(C)C)[C@@H]2c2ccc(OC)c(OC)c2)cc1C. The molecule has 1 aliphatic rings. The van der Waals surface area contributed by atoms with Gasteiger partial charge in [0.2, 0.25) is 0 Å². The maximum atomic E-state index is 13.2. The maximum absolute atomic E-state index is 13.2. The lowest BCUT2D eigenvalue weighted by Crippen LogP contribution is -2.35. The molecule has 0 spiro atoms. The molecule has 2 aromatic rings. The van der Waals surface area contributed by atoms with Crippen molar-refractivity contribution in [3.05, 3.63) is 58.7 Å². The second-order valence-electron chi connectivity index (χ2n) is 8.32. The molecule has 1 saturated heterocycles. The standard InChI is InChI=1S/C26H32N2O6/c1-7-34-19-10-9-18(14-16(19)2)24(29)22-23(17-8-11-20(32-5)21(15-17)33-6)28(13-12-27(3)4)26(31)25(22)30/h8-11,14-15,23,29H,7,12-13H2,1-6H3/t23-/m1/s1. The van der Waals surface area contributed by atoms with Crippen molar-refractivity contribution in [3.63, 3.8) is 0 Å². The molecule has 0 bridgehead atoms. The fourth-order valence-electron chi connectivity index (χ4n) is 4.06. The number of aliphatic hydroxyl groups excluding tert-OH is 1. The van der Waals surface area contributed by atoms with Gasteiger partial charge in [-0.15, -0.1) is 0 Å². The number of nitrogens with zero attached hydrogens (tertiary/aromatic N) is 2. The lowest BCUT2D eigenvalue weighted by Gasteiger charge is -2.27. The van der Waals surface area contributed by atoms with Crippen molar-refractivity contribution >= 4 is 17.4 Å². The number of aliphatic hydroxyl groups is 1. The predicted octanol–water partition coefficient (Wildman–Crippen LogP) is 3.39. The van der Waals surface area contributed by atoms with E-state index in [1.54, 1.807) is 36.4 Å². The minimum Gasteiger partial charge on any atom is -0.507 e. The van der Waals surface area contributed by atoms with Crippen LogP contribution in [0, 0.1) is 6.92 Å². The Hall–Kier alpha value is -3.52. The summed E-state index contributed by atoms with van der Waals surface area (Å²) < 4.78 is 16.4. The Bertz CT molecular complexity index is 1110. The van der Waals surface area contributed by atoms with Crippen LogP contribution in [0.25, 0.3) is 5.76 Å². The molecule has 0 saturated carbocycles. The summed E-state index contributed by atoms with van der Waals surface area (Å²) in [5, 5.41) is 11.3. The first kappa shape index (κ1) is 25.1. The van der Waals surface area contributed by atoms with Crippen LogP contribution in [0.3, 0.4) is 0 Å². The van der Waals surface area contributed by atoms with Crippen LogP contribution in [0.5, 0.6) is 17.2 Å². The summed E-state index contributed by atoms with van der Waals surface area (Å²) in [5.74, 6) is 0.0979. The number of Topliss-reactive ketones (excluding diaryl/α,β-unsaturated/α-hetero) is 1. The van der Waals surface area contributed by atoms with E-state index in [1.165, 1.54) is 19.1 Å². The Balaban J connectivity index is 2.17. The first-order chi connectivity index (χ1) is 16.2. The fraction of sp³-hybridized carbons (Fsp3) is 0.385. The van der Waals surface area contributed by atoms with Gasteiger partial charge in [0.15, 0.2) is 11.5 Å². The fourth-order valence-corrected chi connectivity index (χ4v) is 4.06. The molecular weight excluding hydrogens is 436 g/mol. The smallest absolute Gasteiger partial charge is 0.295 e. The summed E-state index contributed by atoms with van der Waals surface area (Å²) in [6, 6.07) is 9.65. The molecule has 2 aromatic carbocycles. The van der Waals surface area contributed by atoms with Crippen molar-refractivity contribution in [2.45, 2.75) is 19.9 Å². The highest BCUT2D eigenvalue weighted by molar-refractivity contribution is 6.46. The Labute approximate surface area is 200 Å². The van der Waals surface area contributed by atoms with Crippen LogP contribution < -0.4 is 14.2 Å². The lowest BCUT2D eigenvalue weighted by atomic mass is 9.94. The molecule has 1 N–H and O–H groups in total. The van der Waals surface area contributed by atoms with Crippen LogP contribution in [-0.4, -0.2) is 74.6 Å². The topological polar surface area (TPSA) is 88.5 Å². The lowest BCUT2D eigenvalue weighted by molar-refractivity contribution is -0.140. The number of rotatable bonds is 9. The van der Waals surface area contributed by atoms with Crippen LogP contribution in [0.2, 0.25) is 0 Å². The van der Waals surface area contributed by atoms with E-state index in [1.807, 2.05) is 32.8 Å². The zero-order valence-electron chi connectivity index (χ0n) is 20.5. The van der Waals surface area contributed by atoms with E-state index in [2.05, 4.69) is 0 Å². The molecule has 0 aromatic heterocycles. The van der Waals surface area contributed by atoms with Gasteiger partial charge in [-0.3, -0.25) is 9.59 Å². The first-order valence-electron chi connectivity index (χ1n) is 11.1. The average molecular weight is 469 g/mol. The number of amides is 1. The second kappa shape index (κ2) is 10.6. The molecule has 1 fully saturated rings. The van der Waals surface area contributed by atoms with Gasteiger partial charge in [0.05, 0.1) is 32.4 Å². The molecule has 0 aliphatic carbocycles. The summed E-state index contributed by atoms with van der Waals surface area (Å²) in [5.41, 5.74) is 1.94. The number of carbonyl (C=O) groups excluding carboxylic acids is 2. The molecule has 182 valence electrons. The van der Waals surface area contributed by atoms with Crippen molar-refractivity contribution < 1.29 is 28.9 Å². The number of ketones is 1. The Morgan fingerprint density at radius 1 is 1.03 bits per heavy atom. The minimum absolute atomic E-state index is 0.0412. The van der Waals surface area contributed by atoms with Gasteiger partial charge in [-0.05, 0) is 69.4 Å². The van der Waals surface area contributed by atoms with Crippen molar-refractivity contribution in [2.24, 2.45) is 0 Å². The van der Waals surface area contributed by atoms with Crippen molar-refractivity contribution in [2.75, 3.05) is 48.0 Å². The van der Waals surface area contributed by atoms with E-state index >= 15 is 0 Å². The molecule has 1 aliphatic heterocycles. The molecular formula is C26H32N2O6. The molecule has 34 heavy (non-hydrogen) atoms. The molecule has 1 amide bonds. The van der Waals surface area contributed by atoms with Gasteiger partial charge in [-0.25, -0.2) is 0 Å². The van der Waals surface area contributed by atoms with E-state index in [4.69, 9.17) is 14.2 Å². The quantitative estimate of drug-likeness (QED) is 0.343. The van der Waals surface area contributed by atoms with E-state index < -0.39 is 17.7 Å². The largest absolute Gasteiger partial charge is 0.507 e. The molecule has 1 heterocycles. The number of carbonyl (C=O) groups is 2. The Morgan fingerprint density at radius 3 is 2.29 bits per heavy atom. The van der Waals surface area contributed by atoms with Crippen molar-refractivity contribution in [1.29, 1.82) is 0 Å². The number of likely N-dealkylation sites (tertiary alicyclic amines) is 1. The minimum atomic E-state index is -0.772. The predicted molar refractivity (Wildman–Crippen MR) is 129 cm³/mol. The zero-order valence-corrected chi connectivity index (χ0v) is 20.5. The van der Waals surface area contributed by atoms with Crippen LogP contribution in [0.15, 0.2) is 42.0 Å². The highest BCUT2D eigenvalue weighted by Gasteiger charge is 2.46.